The average molecular weight is 1120 g/mol. The van der Waals surface area contributed by atoms with E-state index in [1.807, 2.05) is 0 Å². The molecule has 6 nitrogen and oxygen atoms in total. The van der Waals surface area contributed by atoms with E-state index in [-0.39, 0.29) is 31.1 Å². The summed E-state index contributed by atoms with van der Waals surface area (Å²) in [6.07, 6.45) is 89.5. The highest BCUT2D eigenvalue weighted by Crippen LogP contribution is 2.18. The minimum absolute atomic E-state index is 0.0690. The fourth-order valence-corrected chi connectivity index (χ4v) is 10.3. The summed E-state index contributed by atoms with van der Waals surface area (Å²) in [6, 6.07) is 0. The van der Waals surface area contributed by atoms with Gasteiger partial charge >= 0.3 is 17.9 Å². The molecule has 1 unspecified atom stereocenters. The van der Waals surface area contributed by atoms with Crippen LogP contribution in [0.1, 0.15) is 361 Å². The largest absolute Gasteiger partial charge is 0.462 e. The van der Waals surface area contributed by atoms with E-state index in [9.17, 15) is 14.4 Å². The third kappa shape index (κ3) is 65.7. The molecule has 0 spiro atoms. The molecule has 6 heteroatoms. The second-order valence-electron chi connectivity index (χ2n) is 23.4. The molecule has 0 saturated heterocycles. The molecule has 0 amide bonds. The lowest BCUT2D eigenvalue weighted by atomic mass is 10.0. The van der Waals surface area contributed by atoms with Crippen molar-refractivity contribution in [3.63, 3.8) is 0 Å². The second kappa shape index (κ2) is 68.3. The maximum absolute atomic E-state index is 12.9. The first-order chi connectivity index (χ1) is 39.5. The molecule has 0 rings (SSSR count). The maximum Gasteiger partial charge on any atom is 0.306 e. The fraction of sp³-hybridized carbons (Fsp3) is 0.797. The van der Waals surface area contributed by atoms with Crippen LogP contribution in [0, 0.1) is 0 Å². The number of ether oxygens (including phenoxy) is 3. The molecule has 464 valence electrons. The Hall–Kier alpha value is -3.15. The van der Waals surface area contributed by atoms with Crippen LogP contribution >= 0.6 is 0 Å². The van der Waals surface area contributed by atoms with Crippen molar-refractivity contribution in [2.75, 3.05) is 13.2 Å². The monoisotopic (exact) mass is 1120 g/mol. The SMILES string of the molecule is CC/C=C\C/C=C\C/C=C\C/C=C\C/C=C\C/C=C\CCCCCCCCCCCCCCCCC(=O)OCC(COC(=O)CCCCCCCCCC)OC(=O)CCCCCCCCCCCCCCCCCCCCCCC. The average Bonchev–Trinajstić information content (AvgIpc) is 3.46. The summed E-state index contributed by atoms with van der Waals surface area (Å²) in [5.74, 6) is -0.852. The molecule has 0 radical (unpaired) electrons. The number of hydrogen-bond donors (Lipinski definition) is 0. The number of carbonyl (C=O) groups is 3. The zero-order valence-corrected chi connectivity index (χ0v) is 53.3. The van der Waals surface area contributed by atoms with Crippen LogP contribution in [0.5, 0.6) is 0 Å². The molecule has 0 saturated carbocycles. The molecule has 0 aromatic heterocycles. The van der Waals surface area contributed by atoms with Gasteiger partial charge in [-0.25, -0.2) is 0 Å². The molecule has 0 aliphatic carbocycles. The van der Waals surface area contributed by atoms with Gasteiger partial charge in [-0.1, -0.05) is 344 Å². The summed E-state index contributed by atoms with van der Waals surface area (Å²) >= 11 is 0. The fourth-order valence-electron chi connectivity index (χ4n) is 10.3. The van der Waals surface area contributed by atoms with E-state index in [1.165, 1.54) is 225 Å². The van der Waals surface area contributed by atoms with Gasteiger partial charge in [0.1, 0.15) is 13.2 Å². The minimum Gasteiger partial charge on any atom is -0.462 e. The minimum atomic E-state index is -0.770. The molecule has 0 heterocycles. The zero-order valence-electron chi connectivity index (χ0n) is 53.3. The first-order valence-corrected chi connectivity index (χ1v) is 34.9. The first-order valence-electron chi connectivity index (χ1n) is 34.9. The smallest absolute Gasteiger partial charge is 0.306 e. The Kier molecular flexibility index (Phi) is 65.7. The zero-order chi connectivity index (χ0) is 57.8. The van der Waals surface area contributed by atoms with Gasteiger partial charge in [0.15, 0.2) is 6.10 Å². The Morgan fingerprint density at radius 3 is 0.762 bits per heavy atom. The molecule has 0 aromatic carbocycles. The lowest BCUT2D eigenvalue weighted by Crippen LogP contribution is -2.30. The summed E-state index contributed by atoms with van der Waals surface area (Å²) in [7, 11) is 0. The van der Waals surface area contributed by atoms with Crippen LogP contribution < -0.4 is 0 Å². The first kappa shape index (κ1) is 76.9. The van der Waals surface area contributed by atoms with Gasteiger partial charge in [0, 0.05) is 19.3 Å². The van der Waals surface area contributed by atoms with E-state index in [1.54, 1.807) is 0 Å². The van der Waals surface area contributed by atoms with E-state index >= 15 is 0 Å². The van der Waals surface area contributed by atoms with Crippen LogP contribution in [0.3, 0.4) is 0 Å². The number of carbonyl (C=O) groups excluding carboxylic acids is 3. The summed E-state index contributed by atoms with van der Waals surface area (Å²) in [4.78, 5) is 38.2. The van der Waals surface area contributed by atoms with Gasteiger partial charge < -0.3 is 14.2 Å². The molecule has 0 bridgehead atoms. The van der Waals surface area contributed by atoms with Crippen molar-refractivity contribution in [1.29, 1.82) is 0 Å². The van der Waals surface area contributed by atoms with Crippen molar-refractivity contribution in [2.45, 2.75) is 367 Å². The van der Waals surface area contributed by atoms with Gasteiger partial charge in [-0.3, -0.25) is 14.4 Å². The molecular formula is C74H132O6. The van der Waals surface area contributed by atoms with Crippen LogP contribution in [0.4, 0.5) is 0 Å². The summed E-state index contributed by atoms with van der Waals surface area (Å²) in [5, 5.41) is 0. The Balaban J connectivity index is 4.07. The molecule has 1 atom stereocenters. The van der Waals surface area contributed by atoms with Gasteiger partial charge in [0.25, 0.3) is 0 Å². The predicted octanol–water partition coefficient (Wildman–Crippen LogP) is 24.1. The van der Waals surface area contributed by atoms with Gasteiger partial charge in [0.2, 0.25) is 0 Å². The lowest BCUT2D eigenvalue weighted by molar-refractivity contribution is -0.167. The molecule has 0 aliphatic heterocycles. The third-order valence-corrected chi connectivity index (χ3v) is 15.5. The molecule has 0 aliphatic rings. The van der Waals surface area contributed by atoms with Crippen molar-refractivity contribution in [3.05, 3.63) is 72.9 Å². The van der Waals surface area contributed by atoms with Crippen LogP contribution in [0.25, 0.3) is 0 Å². The Morgan fingerprint density at radius 1 is 0.263 bits per heavy atom. The maximum atomic E-state index is 12.9. The van der Waals surface area contributed by atoms with Crippen LogP contribution in [-0.4, -0.2) is 37.2 Å². The van der Waals surface area contributed by atoms with E-state index in [0.29, 0.717) is 19.3 Å². The van der Waals surface area contributed by atoms with Crippen molar-refractivity contribution in [1.82, 2.24) is 0 Å². The lowest BCUT2D eigenvalue weighted by Gasteiger charge is -2.18. The third-order valence-electron chi connectivity index (χ3n) is 15.5. The topological polar surface area (TPSA) is 78.9 Å². The van der Waals surface area contributed by atoms with Crippen molar-refractivity contribution in [3.8, 4) is 0 Å². The normalized spacial score (nSPS) is 12.5. The number of unbranched alkanes of at least 4 members (excludes halogenated alkanes) is 41. The molecule has 80 heavy (non-hydrogen) atoms. The van der Waals surface area contributed by atoms with Gasteiger partial charge in [-0.15, -0.1) is 0 Å². The Bertz CT molecular complexity index is 1470. The van der Waals surface area contributed by atoms with Crippen LogP contribution in [0.2, 0.25) is 0 Å². The molecule has 0 aromatic rings. The Labute approximate surface area is 497 Å². The highest BCUT2D eigenvalue weighted by Gasteiger charge is 2.19. The van der Waals surface area contributed by atoms with Crippen molar-refractivity contribution >= 4 is 17.9 Å². The molecule has 0 N–H and O–H groups in total. The number of hydrogen-bond acceptors (Lipinski definition) is 6. The highest BCUT2D eigenvalue weighted by atomic mass is 16.6. The number of esters is 3. The standard InChI is InChI=1S/C74H132O6/c1-4-7-10-13-16-19-21-23-25-27-29-31-32-33-34-35-36-37-38-39-40-41-42-44-45-47-49-51-53-55-58-61-64-67-73(76)79-70-71(69-78-72(75)66-63-60-57-18-15-12-9-6-3)80-74(77)68-65-62-59-56-54-52-50-48-46-43-30-28-26-24-22-20-17-14-11-8-5-2/h7,10,16,19,23,25,29,31,33-34,36-37,71H,4-6,8-9,11-15,17-18,20-22,24,26-28,30,32,35,38-70H2,1-3H3/b10-7-,19-16-,25-23-,31-29-,34-33-,37-36-. The van der Waals surface area contributed by atoms with E-state index in [0.717, 1.165) is 96.3 Å². The van der Waals surface area contributed by atoms with Crippen LogP contribution in [0.15, 0.2) is 72.9 Å². The van der Waals surface area contributed by atoms with E-state index in [4.69, 9.17) is 14.2 Å². The predicted molar refractivity (Wildman–Crippen MR) is 348 cm³/mol. The van der Waals surface area contributed by atoms with Crippen molar-refractivity contribution < 1.29 is 28.6 Å². The highest BCUT2D eigenvalue weighted by molar-refractivity contribution is 5.71. The van der Waals surface area contributed by atoms with Gasteiger partial charge in [-0.2, -0.15) is 0 Å². The molecular weight excluding hydrogens is 985 g/mol. The summed E-state index contributed by atoms with van der Waals surface area (Å²) < 4.78 is 16.9. The van der Waals surface area contributed by atoms with Gasteiger partial charge in [-0.05, 0) is 70.6 Å². The van der Waals surface area contributed by atoms with E-state index < -0.39 is 6.10 Å². The van der Waals surface area contributed by atoms with E-state index in [2.05, 4.69) is 93.7 Å². The van der Waals surface area contributed by atoms with Crippen LogP contribution in [-0.2, 0) is 28.6 Å². The Morgan fingerprint density at radius 2 is 0.487 bits per heavy atom. The number of allylic oxidation sites excluding steroid dienone is 12. The quantitative estimate of drug-likeness (QED) is 0.0261. The van der Waals surface area contributed by atoms with Gasteiger partial charge in [0.05, 0.1) is 0 Å². The summed E-state index contributed by atoms with van der Waals surface area (Å²) in [5.41, 5.74) is 0. The second-order valence-corrected chi connectivity index (χ2v) is 23.4. The number of rotatable bonds is 64. The van der Waals surface area contributed by atoms with Crippen molar-refractivity contribution in [2.24, 2.45) is 0 Å². The summed E-state index contributed by atoms with van der Waals surface area (Å²) in [6.45, 7) is 6.55. The molecule has 0 fully saturated rings.